The van der Waals surface area contributed by atoms with Crippen molar-refractivity contribution in [2.75, 3.05) is 16.4 Å². The number of nitrogens with two attached hydrogens (primary N) is 1. The molecule has 4 N–H and O–H groups in total. The first-order valence-electron chi connectivity index (χ1n) is 6.27. The second-order valence-electron chi connectivity index (χ2n) is 4.64. The average molecular weight is 253 g/mol. The number of nitrogens with one attached hydrogen (secondary N) is 2. The van der Waals surface area contributed by atoms with E-state index in [1.54, 1.807) is 0 Å². The monoisotopic (exact) mass is 253 g/mol. The van der Waals surface area contributed by atoms with Gasteiger partial charge in [0.05, 0.1) is 11.4 Å². The summed E-state index contributed by atoms with van der Waals surface area (Å²) in [7, 11) is 0. The molecule has 4 heteroatoms. The fraction of sp³-hybridized carbons (Fsp3) is 0.133. The minimum absolute atomic E-state index is 0.0583. The van der Waals surface area contributed by atoms with E-state index in [2.05, 4.69) is 10.6 Å². The summed E-state index contributed by atoms with van der Waals surface area (Å²) < 4.78 is 0. The number of rotatable bonds is 2. The molecule has 0 saturated carbocycles. The zero-order chi connectivity index (χ0) is 13.2. The third kappa shape index (κ3) is 2.38. The number of fused-ring (bicyclic) bond motifs is 1. The molecule has 0 atom stereocenters. The van der Waals surface area contributed by atoms with Gasteiger partial charge in [-0.2, -0.15) is 0 Å². The fourth-order valence-electron chi connectivity index (χ4n) is 2.23. The molecule has 4 nitrogen and oxygen atoms in total. The van der Waals surface area contributed by atoms with Gasteiger partial charge in [-0.05, 0) is 36.2 Å². The number of hydrogen-bond acceptors (Lipinski definition) is 3. The van der Waals surface area contributed by atoms with Crippen molar-refractivity contribution in [1.82, 2.24) is 0 Å². The lowest BCUT2D eigenvalue weighted by Gasteiger charge is -2.19. The quantitative estimate of drug-likeness (QED) is 0.721. The Morgan fingerprint density at radius 1 is 1.11 bits per heavy atom. The molecule has 0 spiro atoms. The van der Waals surface area contributed by atoms with E-state index in [1.807, 2.05) is 42.5 Å². The maximum absolute atomic E-state index is 11.4. The number of benzene rings is 2. The smallest absolute Gasteiger partial charge is 0.224 e. The molecule has 0 bridgehead atoms. The van der Waals surface area contributed by atoms with Crippen LogP contribution in [-0.2, 0) is 11.2 Å². The zero-order valence-corrected chi connectivity index (χ0v) is 10.4. The molecular weight excluding hydrogens is 238 g/mol. The van der Waals surface area contributed by atoms with Crippen molar-refractivity contribution in [2.24, 2.45) is 0 Å². The first-order valence-corrected chi connectivity index (χ1v) is 6.27. The minimum Gasteiger partial charge on any atom is -0.397 e. The Hall–Kier alpha value is -2.49. The number of hydrogen-bond donors (Lipinski definition) is 3. The molecule has 3 rings (SSSR count). The molecule has 1 aliphatic heterocycles. The Morgan fingerprint density at radius 2 is 1.89 bits per heavy atom. The van der Waals surface area contributed by atoms with Crippen LogP contribution in [-0.4, -0.2) is 5.91 Å². The molecule has 1 aliphatic rings. The molecule has 2 aromatic carbocycles. The molecule has 0 aromatic heterocycles. The number of para-hydroxylation sites is 1. The van der Waals surface area contributed by atoms with E-state index in [0.717, 1.165) is 29.0 Å². The van der Waals surface area contributed by atoms with Gasteiger partial charge in [0.15, 0.2) is 0 Å². The van der Waals surface area contributed by atoms with Gasteiger partial charge in [-0.1, -0.05) is 18.2 Å². The van der Waals surface area contributed by atoms with Gasteiger partial charge in [0.2, 0.25) is 5.91 Å². The molecule has 0 unspecified atom stereocenters. The number of amides is 1. The van der Waals surface area contributed by atoms with Gasteiger partial charge in [0.1, 0.15) is 0 Å². The van der Waals surface area contributed by atoms with Crippen molar-refractivity contribution >= 4 is 28.7 Å². The van der Waals surface area contributed by atoms with Crippen molar-refractivity contribution in [3.63, 3.8) is 0 Å². The van der Waals surface area contributed by atoms with Crippen LogP contribution < -0.4 is 16.4 Å². The first kappa shape index (κ1) is 11.6. The standard InChI is InChI=1S/C15H15N3O/c16-12-8-10-6-7-15(19)18-13(10)9-14(12)17-11-4-2-1-3-5-11/h1-5,8-9,17H,6-7,16H2,(H,18,19). The van der Waals surface area contributed by atoms with Crippen molar-refractivity contribution in [2.45, 2.75) is 12.8 Å². The third-order valence-corrected chi connectivity index (χ3v) is 3.22. The molecule has 19 heavy (non-hydrogen) atoms. The molecule has 1 heterocycles. The third-order valence-electron chi connectivity index (χ3n) is 3.22. The summed E-state index contributed by atoms with van der Waals surface area (Å²) in [5.41, 5.74) is 10.5. The van der Waals surface area contributed by atoms with Crippen LogP contribution in [0.5, 0.6) is 0 Å². The Balaban J connectivity index is 1.94. The van der Waals surface area contributed by atoms with Crippen LogP contribution in [0.2, 0.25) is 0 Å². The van der Waals surface area contributed by atoms with E-state index in [-0.39, 0.29) is 5.91 Å². The maximum atomic E-state index is 11.4. The SMILES string of the molecule is Nc1cc2c(cc1Nc1ccccc1)NC(=O)CC2. The van der Waals surface area contributed by atoms with Gasteiger partial charge in [0.25, 0.3) is 0 Å². The van der Waals surface area contributed by atoms with Gasteiger partial charge in [0, 0.05) is 17.8 Å². The van der Waals surface area contributed by atoms with Crippen LogP contribution in [0.25, 0.3) is 0 Å². The number of nitrogen functional groups attached to an aromatic ring is 1. The number of carbonyl (C=O) groups excluding carboxylic acids is 1. The lowest BCUT2D eigenvalue weighted by atomic mass is 10.0. The Labute approximate surface area is 111 Å². The Morgan fingerprint density at radius 3 is 2.68 bits per heavy atom. The molecule has 0 aliphatic carbocycles. The van der Waals surface area contributed by atoms with Gasteiger partial charge >= 0.3 is 0 Å². The summed E-state index contributed by atoms with van der Waals surface area (Å²) in [4.78, 5) is 11.4. The van der Waals surface area contributed by atoms with Crippen LogP contribution in [0.1, 0.15) is 12.0 Å². The van der Waals surface area contributed by atoms with E-state index in [4.69, 9.17) is 5.73 Å². The fourth-order valence-corrected chi connectivity index (χ4v) is 2.23. The molecule has 1 amide bonds. The van der Waals surface area contributed by atoms with Gasteiger partial charge < -0.3 is 16.4 Å². The molecular formula is C15H15N3O. The molecule has 0 saturated heterocycles. The lowest BCUT2D eigenvalue weighted by Crippen LogP contribution is -2.19. The molecule has 0 radical (unpaired) electrons. The van der Waals surface area contributed by atoms with Gasteiger partial charge in [-0.3, -0.25) is 4.79 Å². The van der Waals surface area contributed by atoms with Crippen molar-refractivity contribution in [3.8, 4) is 0 Å². The molecule has 2 aromatic rings. The Kier molecular flexibility index (Phi) is 2.83. The summed E-state index contributed by atoms with van der Waals surface area (Å²) in [5, 5.41) is 6.14. The highest BCUT2D eigenvalue weighted by Crippen LogP contribution is 2.32. The second kappa shape index (κ2) is 4.65. The summed E-state index contributed by atoms with van der Waals surface area (Å²) in [6, 6.07) is 13.6. The van der Waals surface area contributed by atoms with E-state index in [9.17, 15) is 4.79 Å². The topological polar surface area (TPSA) is 67.2 Å². The van der Waals surface area contributed by atoms with E-state index in [1.165, 1.54) is 0 Å². The predicted octanol–water partition coefficient (Wildman–Crippen LogP) is 2.90. The van der Waals surface area contributed by atoms with Crippen LogP contribution in [0.4, 0.5) is 22.7 Å². The van der Waals surface area contributed by atoms with Crippen LogP contribution in [0.3, 0.4) is 0 Å². The zero-order valence-electron chi connectivity index (χ0n) is 10.4. The van der Waals surface area contributed by atoms with E-state index >= 15 is 0 Å². The van der Waals surface area contributed by atoms with Crippen LogP contribution in [0, 0.1) is 0 Å². The summed E-state index contributed by atoms with van der Waals surface area (Å²) in [6.45, 7) is 0. The highest BCUT2D eigenvalue weighted by atomic mass is 16.1. The first-order chi connectivity index (χ1) is 9.22. The van der Waals surface area contributed by atoms with Crippen LogP contribution in [0.15, 0.2) is 42.5 Å². The second-order valence-corrected chi connectivity index (χ2v) is 4.64. The predicted molar refractivity (Wildman–Crippen MR) is 77.5 cm³/mol. The normalized spacial score (nSPS) is 13.6. The van der Waals surface area contributed by atoms with E-state index < -0.39 is 0 Å². The summed E-state index contributed by atoms with van der Waals surface area (Å²) in [6.07, 6.45) is 1.27. The highest BCUT2D eigenvalue weighted by Gasteiger charge is 2.16. The van der Waals surface area contributed by atoms with Crippen LogP contribution >= 0.6 is 0 Å². The summed E-state index contributed by atoms with van der Waals surface area (Å²) >= 11 is 0. The number of anilines is 4. The van der Waals surface area contributed by atoms with Gasteiger partial charge in [-0.15, -0.1) is 0 Å². The van der Waals surface area contributed by atoms with Crippen molar-refractivity contribution < 1.29 is 4.79 Å². The van der Waals surface area contributed by atoms with Crippen molar-refractivity contribution in [1.29, 1.82) is 0 Å². The largest absolute Gasteiger partial charge is 0.397 e. The van der Waals surface area contributed by atoms with Crippen molar-refractivity contribution in [3.05, 3.63) is 48.0 Å². The highest BCUT2D eigenvalue weighted by molar-refractivity contribution is 5.96. The van der Waals surface area contributed by atoms with Gasteiger partial charge in [-0.25, -0.2) is 0 Å². The maximum Gasteiger partial charge on any atom is 0.224 e. The minimum atomic E-state index is 0.0583. The lowest BCUT2D eigenvalue weighted by molar-refractivity contribution is -0.116. The molecule has 0 fully saturated rings. The Bertz CT molecular complexity index is 623. The van der Waals surface area contributed by atoms with E-state index in [0.29, 0.717) is 12.1 Å². The average Bonchev–Trinajstić information content (AvgIpc) is 2.41. The molecule has 96 valence electrons. The number of aryl methyl sites for hydroxylation is 1. The summed E-state index contributed by atoms with van der Waals surface area (Å²) in [5.74, 6) is 0.0583. The number of carbonyl (C=O) groups is 1.